The first-order valence-corrected chi connectivity index (χ1v) is 9.16. The van der Waals surface area contributed by atoms with Crippen molar-refractivity contribution in [1.82, 2.24) is 10.2 Å². The third-order valence-corrected chi connectivity index (χ3v) is 5.73. The van der Waals surface area contributed by atoms with Crippen molar-refractivity contribution < 1.29 is 17.9 Å². The highest BCUT2D eigenvalue weighted by Gasteiger charge is 2.33. The van der Waals surface area contributed by atoms with Crippen LogP contribution in [0.2, 0.25) is 0 Å². The Kier molecular flexibility index (Phi) is 7.39. The molecule has 0 aliphatic carbocycles. The van der Waals surface area contributed by atoms with Gasteiger partial charge in [-0.15, -0.1) is 12.4 Å². The molecule has 21 heavy (non-hydrogen) atoms. The van der Waals surface area contributed by atoms with Gasteiger partial charge in [0.05, 0.1) is 24.2 Å². The zero-order valence-corrected chi connectivity index (χ0v) is 14.0. The minimum atomic E-state index is -2.95. The summed E-state index contributed by atoms with van der Waals surface area (Å²) in [6.07, 6.45) is 2.90. The van der Waals surface area contributed by atoms with Gasteiger partial charge in [0.15, 0.2) is 9.84 Å². The lowest BCUT2D eigenvalue weighted by atomic mass is 10.2. The van der Waals surface area contributed by atoms with E-state index in [0.29, 0.717) is 19.5 Å². The van der Waals surface area contributed by atoms with E-state index in [0.717, 1.165) is 19.4 Å². The van der Waals surface area contributed by atoms with Crippen molar-refractivity contribution in [3.8, 4) is 0 Å². The molecule has 2 atom stereocenters. The van der Waals surface area contributed by atoms with E-state index < -0.39 is 9.84 Å². The van der Waals surface area contributed by atoms with E-state index >= 15 is 0 Å². The number of likely N-dealkylation sites (N-methyl/N-ethyl adjacent to an activating group) is 1. The summed E-state index contributed by atoms with van der Waals surface area (Å²) in [5.41, 5.74) is 0. The van der Waals surface area contributed by atoms with Crippen molar-refractivity contribution in [3.05, 3.63) is 0 Å². The molecule has 0 saturated carbocycles. The van der Waals surface area contributed by atoms with Gasteiger partial charge in [0.2, 0.25) is 5.91 Å². The van der Waals surface area contributed by atoms with Gasteiger partial charge in [0, 0.05) is 25.7 Å². The summed E-state index contributed by atoms with van der Waals surface area (Å²) in [6.45, 7) is 4.20. The third kappa shape index (κ3) is 5.39. The van der Waals surface area contributed by atoms with E-state index in [1.54, 1.807) is 4.90 Å². The summed E-state index contributed by atoms with van der Waals surface area (Å²) >= 11 is 0. The van der Waals surface area contributed by atoms with Crippen LogP contribution in [0.3, 0.4) is 0 Å². The number of hydrogen-bond donors (Lipinski definition) is 1. The Hall–Kier alpha value is -0.370. The van der Waals surface area contributed by atoms with Crippen LogP contribution in [0, 0.1) is 0 Å². The summed E-state index contributed by atoms with van der Waals surface area (Å²) in [5.74, 6) is 0.288. The van der Waals surface area contributed by atoms with E-state index in [4.69, 9.17) is 4.74 Å². The van der Waals surface area contributed by atoms with Gasteiger partial charge in [-0.25, -0.2) is 8.42 Å². The molecule has 124 valence electrons. The molecular weight excluding hydrogens is 316 g/mol. The second-order valence-electron chi connectivity index (χ2n) is 5.50. The SMILES string of the molecule is CCN(C(=O)CNCC1CCCO1)C1CCS(=O)(=O)C1.Cl. The molecule has 1 N–H and O–H groups in total. The third-order valence-electron chi connectivity index (χ3n) is 3.98. The fourth-order valence-electron chi connectivity index (χ4n) is 2.91. The Balaban J connectivity index is 0.00000220. The molecule has 8 heteroatoms. The van der Waals surface area contributed by atoms with E-state index in [1.807, 2.05) is 6.92 Å². The van der Waals surface area contributed by atoms with Crippen LogP contribution >= 0.6 is 12.4 Å². The number of nitrogens with one attached hydrogen (secondary N) is 1. The van der Waals surface area contributed by atoms with E-state index in [-0.39, 0.29) is 48.5 Å². The van der Waals surface area contributed by atoms with E-state index in [9.17, 15) is 13.2 Å². The van der Waals surface area contributed by atoms with E-state index in [2.05, 4.69) is 5.32 Å². The monoisotopic (exact) mass is 340 g/mol. The van der Waals surface area contributed by atoms with Gasteiger partial charge < -0.3 is 15.0 Å². The van der Waals surface area contributed by atoms with Crippen molar-refractivity contribution >= 4 is 28.2 Å². The van der Waals surface area contributed by atoms with Crippen LogP contribution in [-0.2, 0) is 19.4 Å². The molecule has 2 fully saturated rings. The lowest BCUT2D eigenvalue weighted by Gasteiger charge is -2.27. The van der Waals surface area contributed by atoms with Crippen molar-refractivity contribution in [2.45, 2.75) is 38.3 Å². The lowest BCUT2D eigenvalue weighted by molar-refractivity contribution is -0.131. The summed E-state index contributed by atoms with van der Waals surface area (Å²) in [7, 11) is -2.95. The fraction of sp³-hybridized carbons (Fsp3) is 0.923. The molecule has 2 rings (SSSR count). The fourth-order valence-corrected chi connectivity index (χ4v) is 4.64. The first-order chi connectivity index (χ1) is 9.52. The molecule has 6 nitrogen and oxygen atoms in total. The van der Waals surface area contributed by atoms with Gasteiger partial charge in [-0.05, 0) is 26.2 Å². The van der Waals surface area contributed by atoms with Gasteiger partial charge >= 0.3 is 0 Å². The maximum absolute atomic E-state index is 12.2. The minimum Gasteiger partial charge on any atom is -0.377 e. The molecule has 2 aliphatic rings. The van der Waals surface area contributed by atoms with Crippen molar-refractivity contribution in [2.24, 2.45) is 0 Å². The molecule has 0 bridgehead atoms. The zero-order valence-electron chi connectivity index (χ0n) is 12.4. The van der Waals surface area contributed by atoms with Crippen LogP contribution < -0.4 is 5.32 Å². The molecule has 2 heterocycles. The molecule has 2 unspecified atom stereocenters. The number of carbonyl (C=O) groups excluding carboxylic acids is 1. The highest BCUT2D eigenvalue weighted by molar-refractivity contribution is 7.91. The molecule has 1 amide bonds. The Labute approximate surface area is 132 Å². The number of amides is 1. The van der Waals surface area contributed by atoms with Crippen molar-refractivity contribution in [2.75, 3.05) is 37.7 Å². The molecule has 0 aromatic rings. The maximum atomic E-state index is 12.2. The number of nitrogens with zero attached hydrogens (tertiary/aromatic N) is 1. The number of halogens is 1. The largest absolute Gasteiger partial charge is 0.377 e. The molecule has 0 spiro atoms. The molecule has 2 saturated heterocycles. The van der Waals surface area contributed by atoms with Gasteiger partial charge in [-0.1, -0.05) is 0 Å². The second-order valence-corrected chi connectivity index (χ2v) is 7.73. The molecular formula is C13H25ClN2O4S. The molecule has 0 radical (unpaired) electrons. The number of carbonyl (C=O) groups is 1. The first-order valence-electron chi connectivity index (χ1n) is 7.34. The summed E-state index contributed by atoms with van der Waals surface area (Å²) < 4.78 is 28.5. The van der Waals surface area contributed by atoms with Gasteiger partial charge in [0.25, 0.3) is 0 Å². The number of ether oxygens (including phenoxy) is 1. The summed E-state index contributed by atoms with van der Waals surface area (Å²) in [4.78, 5) is 13.9. The van der Waals surface area contributed by atoms with Crippen LogP contribution in [0.1, 0.15) is 26.2 Å². The first kappa shape index (κ1) is 18.7. The average molecular weight is 341 g/mol. The lowest BCUT2D eigenvalue weighted by Crippen LogP contribution is -2.46. The van der Waals surface area contributed by atoms with Crippen LogP contribution in [-0.4, -0.2) is 69.1 Å². The van der Waals surface area contributed by atoms with Crippen molar-refractivity contribution in [1.29, 1.82) is 0 Å². The van der Waals surface area contributed by atoms with Gasteiger partial charge in [-0.3, -0.25) is 4.79 Å². The smallest absolute Gasteiger partial charge is 0.236 e. The highest BCUT2D eigenvalue weighted by atomic mass is 35.5. The Morgan fingerprint density at radius 3 is 2.67 bits per heavy atom. The summed E-state index contributed by atoms with van der Waals surface area (Å²) in [5, 5.41) is 3.12. The minimum absolute atomic E-state index is 0. The van der Waals surface area contributed by atoms with Crippen LogP contribution in [0.15, 0.2) is 0 Å². The van der Waals surface area contributed by atoms with Gasteiger partial charge in [-0.2, -0.15) is 0 Å². The number of sulfone groups is 1. The maximum Gasteiger partial charge on any atom is 0.236 e. The zero-order chi connectivity index (χ0) is 14.6. The van der Waals surface area contributed by atoms with Gasteiger partial charge in [0.1, 0.15) is 0 Å². The molecule has 0 aromatic carbocycles. The predicted octanol–water partition coefficient (Wildman–Crippen LogP) is 0.212. The van der Waals surface area contributed by atoms with E-state index in [1.165, 1.54) is 0 Å². The normalized spacial score (nSPS) is 27.3. The second kappa shape index (κ2) is 8.31. The van der Waals surface area contributed by atoms with Crippen molar-refractivity contribution in [3.63, 3.8) is 0 Å². The Bertz CT molecular complexity index is 437. The highest BCUT2D eigenvalue weighted by Crippen LogP contribution is 2.17. The summed E-state index contributed by atoms with van der Waals surface area (Å²) in [6, 6.07) is -0.151. The Morgan fingerprint density at radius 1 is 1.38 bits per heavy atom. The van der Waals surface area contributed by atoms with Crippen LogP contribution in [0.25, 0.3) is 0 Å². The predicted molar refractivity (Wildman–Crippen MR) is 83.5 cm³/mol. The number of rotatable bonds is 6. The van der Waals surface area contributed by atoms with Crippen LogP contribution in [0.5, 0.6) is 0 Å². The average Bonchev–Trinajstić information content (AvgIpc) is 3.00. The topological polar surface area (TPSA) is 75.7 Å². The molecule has 2 aliphatic heterocycles. The quantitative estimate of drug-likeness (QED) is 0.748. The standard InChI is InChI=1S/C13H24N2O4S.ClH/c1-2-15(11-5-7-20(17,18)10-11)13(16)9-14-8-12-4-3-6-19-12;/h11-12,14H,2-10H2,1H3;1H. The van der Waals surface area contributed by atoms with Crippen LogP contribution in [0.4, 0.5) is 0 Å². The number of hydrogen-bond acceptors (Lipinski definition) is 5. The molecule has 0 aromatic heterocycles. The Morgan fingerprint density at radius 2 is 2.14 bits per heavy atom.